The van der Waals surface area contributed by atoms with Crippen molar-refractivity contribution < 1.29 is 14.3 Å². The van der Waals surface area contributed by atoms with Crippen molar-refractivity contribution in [3.05, 3.63) is 63.6 Å². The fourth-order valence-corrected chi connectivity index (χ4v) is 2.52. The second-order valence-electron chi connectivity index (χ2n) is 5.51. The van der Waals surface area contributed by atoms with E-state index in [2.05, 4.69) is 15.8 Å². The molecule has 0 radical (unpaired) electrons. The number of nitrogens with one attached hydrogen (secondary N) is 2. The van der Waals surface area contributed by atoms with E-state index in [4.69, 9.17) is 27.9 Å². The molecule has 0 aliphatic carbocycles. The van der Waals surface area contributed by atoms with Crippen LogP contribution in [-0.4, -0.2) is 24.6 Å². The molecule has 0 saturated heterocycles. The van der Waals surface area contributed by atoms with Crippen molar-refractivity contribution in [3.8, 4) is 5.75 Å². The molecule has 2 N–H and O–H groups in total. The maximum atomic E-state index is 11.5. The lowest BCUT2D eigenvalue weighted by atomic mass is 10.2. The van der Waals surface area contributed by atoms with Crippen LogP contribution < -0.4 is 15.5 Å². The van der Waals surface area contributed by atoms with Crippen molar-refractivity contribution in [1.29, 1.82) is 0 Å². The van der Waals surface area contributed by atoms with Crippen LogP contribution >= 0.6 is 23.2 Å². The second kappa shape index (κ2) is 10.5. The number of nitrogens with zero attached hydrogens (tertiary/aromatic N) is 1. The lowest BCUT2D eigenvalue weighted by molar-refractivity contribution is -0.139. The van der Waals surface area contributed by atoms with Gasteiger partial charge in [-0.1, -0.05) is 36.2 Å². The first kappa shape index (κ1) is 20.7. The fraction of sp³-hybridized carbons (Fsp3) is 0.211. The number of rotatable bonds is 7. The predicted octanol–water partition coefficient (Wildman–Crippen LogP) is 3.55. The summed E-state index contributed by atoms with van der Waals surface area (Å²) in [5.74, 6) is -0.890. The molecule has 2 aromatic carbocycles. The van der Waals surface area contributed by atoms with Crippen LogP contribution in [0.1, 0.15) is 24.5 Å². The molecule has 0 spiro atoms. The van der Waals surface area contributed by atoms with Gasteiger partial charge in [0.05, 0.1) is 6.21 Å². The van der Waals surface area contributed by atoms with E-state index in [9.17, 15) is 9.59 Å². The molecular formula is C19H19Cl2N3O3. The molecule has 27 heavy (non-hydrogen) atoms. The van der Waals surface area contributed by atoms with Gasteiger partial charge in [-0.05, 0) is 48.4 Å². The van der Waals surface area contributed by atoms with Crippen molar-refractivity contribution in [2.24, 2.45) is 5.10 Å². The van der Waals surface area contributed by atoms with Crippen molar-refractivity contribution in [3.63, 3.8) is 0 Å². The van der Waals surface area contributed by atoms with Crippen LogP contribution in [0.25, 0.3) is 0 Å². The summed E-state index contributed by atoms with van der Waals surface area (Å²) in [7, 11) is 0. The third-order valence-corrected chi connectivity index (χ3v) is 4.15. The molecule has 0 aliphatic heterocycles. The number of carbonyl (C=O) groups excluding carboxylic acids is 2. The molecule has 8 heteroatoms. The number of amides is 2. The molecule has 0 atom stereocenters. The summed E-state index contributed by atoms with van der Waals surface area (Å²) in [6, 6.07) is 12.3. The van der Waals surface area contributed by atoms with Crippen LogP contribution in [0, 0.1) is 0 Å². The highest BCUT2D eigenvalue weighted by molar-refractivity contribution is 6.36. The van der Waals surface area contributed by atoms with Crippen LogP contribution in [0.15, 0.2) is 47.6 Å². The van der Waals surface area contributed by atoms with Crippen LogP contribution in [0.2, 0.25) is 10.0 Å². The topological polar surface area (TPSA) is 79.8 Å². The fourth-order valence-electron chi connectivity index (χ4n) is 2.01. The summed E-state index contributed by atoms with van der Waals surface area (Å²) in [6.45, 7) is 2.58. The van der Waals surface area contributed by atoms with E-state index in [0.29, 0.717) is 22.3 Å². The van der Waals surface area contributed by atoms with Gasteiger partial charge in [0, 0.05) is 22.2 Å². The van der Waals surface area contributed by atoms with Crippen molar-refractivity contribution in [2.75, 3.05) is 6.54 Å². The first-order valence-electron chi connectivity index (χ1n) is 8.28. The van der Waals surface area contributed by atoms with Gasteiger partial charge in [0.1, 0.15) is 12.4 Å². The lowest BCUT2D eigenvalue weighted by Gasteiger charge is -2.09. The van der Waals surface area contributed by atoms with Crippen molar-refractivity contribution in [1.82, 2.24) is 10.7 Å². The molecule has 0 aromatic heterocycles. The predicted molar refractivity (Wildman–Crippen MR) is 106 cm³/mol. The third kappa shape index (κ3) is 6.58. The van der Waals surface area contributed by atoms with Gasteiger partial charge >= 0.3 is 11.8 Å². The van der Waals surface area contributed by atoms with E-state index in [-0.39, 0.29) is 6.61 Å². The second-order valence-corrected chi connectivity index (χ2v) is 6.33. The summed E-state index contributed by atoms with van der Waals surface area (Å²) < 4.78 is 5.68. The average molecular weight is 408 g/mol. The monoisotopic (exact) mass is 407 g/mol. The molecular weight excluding hydrogens is 389 g/mol. The van der Waals surface area contributed by atoms with Crippen LogP contribution in [0.4, 0.5) is 0 Å². The van der Waals surface area contributed by atoms with Crippen LogP contribution in [0.3, 0.4) is 0 Å². The molecule has 0 aliphatic rings. The first-order chi connectivity index (χ1) is 13.0. The Hall–Kier alpha value is -2.57. The molecule has 0 heterocycles. The van der Waals surface area contributed by atoms with Crippen LogP contribution in [0.5, 0.6) is 5.75 Å². The molecule has 6 nitrogen and oxygen atoms in total. The number of ether oxygens (including phenoxy) is 1. The first-order valence-corrected chi connectivity index (χ1v) is 9.04. The summed E-state index contributed by atoms with van der Waals surface area (Å²) in [5, 5.41) is 7.31. The minimum absolute atomic E-state index is 0.245. The summed E-state index contributed by atoms with van der Waals surface area (Å²) in [6.07, 6.45) is 2.18. The average Bonchev–Trinajstić information content (AvgIpc) is 2.66. The van der Waals surface area contributed by atoms with E-state index in [1.807, 2.05) is 6.92 Å². The third-order valence-electron chi connectivity index (χ3n) is 3.45. The molecule has 2 rings (SSSR count). The number of hydrazone groups is 1. The highest BCUT2D eigenvalue weighted by Gasteiger charge is 2.10. The maximum Gasteiger partial charge on any atom is 0.329 e. The number of carbonyl (C=O) groups is 2. The SMILES string of the molecule is CCCNC(=O)C(=O)N/N=C\c1ccc(OCc2c(Cl)cccc2Cl)cc1. The number of hydrogen-bond acceptors (Lipinski definition) is 4. The Morgan fingerprint density at radius 1 is 1.07 bits per heavy atom. The smallest absolute Gasteiger partial charge is 0.329 e. The van der Waals surface area contributed by atoms with E-state index in [1.54, 1.807) is 42.5 Å². The van der Waals surface area contributed by atoms with Gasteiger partial charge in [-0.3, -0.25) is 9.59 Å². The Morgan fingerprint density at radius 3 is 2.37 bits per heavy atom. The zero-order chi connectivity index (χ0) is 19.6. The summed E-state index contributed by atoms with van der Waals surface area (Å²) in [4.78, 5) is 22.9. The Labute approximate surface area is 167 Å². The van der Waals surface area contributed by atoms with E-state index in [1.165, 1.54) is 6.21 Å². The van der Waals surface area contributed by atoms with Gasteiger partial charge in [-0.15, -0.1) is 0 Å². The largest absolute Gasteiger partial charge is 0.489 e. The Morgan fingerprint density at radius 2 is 1.74 bits per heavy atom. The molecule has 0 saturated carbocycles. The molecule has 142 valence electrons. The molecule has 2 aromatic rings. The summed E-state index contributed by atoms with van der Waals surface area (Å²) in [5.41, 5.74) is 3.62. The number of hydrogen-bond donors (Lipinski definition) is 2. The van der Waals surface area contributed by atoms with Gasteiger partial charge < -0.3 is 10.1 Å². The van der Waals surface area contributed by atoms with Gasteiger partial charge in [0.25, 0.3) is 0 Å². The quantitative estimate of drug-likeness (QED) is 0.418. The van der Waals surface area contributed by atoms with Crippen molar-refractivity contribution in [2.45, 2.75) is 20.0 Å². The summed E-state index contributed by atoms with van der Waals surface area (Å²) >= 11 is 12.2. The van der Waals surface area contributed by atoms with E-state index in [0.717, 1.165) is 17.5 Å². The van der Waals surface area contributed by atoms with Crippen LogP contribution in [-0.2, 0) is 16.2 Å². The highest BCUT2D eigenvalue weighted by atomic mass is 35.5. The van der Waals surface area contributed by atoms with Gasteiger partial charge in [-0.25, -0.2) is 5.43 Å². The van der Waals surface area contributed by atoms with E-state index < -0.39 is 11.8 Å². The molecule has 0 fully saturated rings. The normalized spacial score (nSPS) is 10.6. The van der Waals surface area contributed by atoms with E-state index >= 15 is 0 Å². The molecule has 0 bridgehead atoms. The molecule has 0 unspecified atom stereocenters. The maximum absolute atomic E-state index is 11.5. The number of halogens is 2. The minimum atomic E-state index is -0.809. The van der Waals surface area contributed by atoms with Gasteiger partial charge in [0.15, 0.2) is 0 Å². The van der Waals surface area contributed by atoms with Gasteiger partial charge in [-0.2, -0.15) is 5.10 Å². The van der Waals surface area contributed by atoms with Gasteiger partial charge in [0.2, 0.25) is 0 Å². The number of benzene rings is 2. The highest BCUT2D eigenvalue weighted by Crippen LogP contribution is 2.25. The van der Waals surface area contributed by atoms with Crippen molar-refractivity contribution >= 4 is 41.2 Å². The molecule has 2 amide bonds. The Kier molecular flexibility index (Phi) is 8.10. The lowest BCUT2D eigenvalue weighted by Crippen LogP contribution is -2.38. The zero-order valence-electron chi connectivity index (χ0n) is 14.7. The zero-order valence-corrected chi connectivity index (χ0v) is 16.2. The minimum Gasteiger partial charge on any atom is -0.489 e. The standard InChI is InChI=1S/C19H19Cl2N3O3/c1-2-10-22-18(25)19(26)24-23-11-13-6-8-14(9-7-13)27-12-15-16(20)4-3-5-17(15)21/h3-9,11H,2,10,12H2,1H3,(H,22,25)(H,24,26)/b23-11-. The Balaban J connectivity index is 1.86. The Bertz CT molecular complexity index is 803.